The predicted octanol–water partition coefficient (Wildman–Crippen LogP) is 2.50. The zero-order valence-corrected chi connectivity index (χ0v) is 11.7. The van der Waals surface area contributed by atoms with Crippen LogP contribution in [0.1, 0.15) is 0 Å². The van der Waals surface area contributed by atoms with E-state index >= 15 is 0 Å². The van der Waals surface area contributed by atoms with E-state index in [-0.39, 0.29) is 22.1 Å². The highest BCUT2D eigenvalue weighted by Crippen LogP contribution is 2.36. The standard InChI is InChI=1S/C13H11NO6S/c1-21(18,19)9-6-7-12(10(8-9)14(16)17)20-13-5-3-2-4-11(13)15/h2-8,15H,1H3. The molecule has 7 nitrogen and oxygen atoms in total. The Morgan fingerprint density at radius 1 is 1.14 bits per heavy atom. The summed E-state index contributed by atoms with van der Waals surface area (Å²) in [4.78, 5) is 10.1. The highest BCUT2D eigenvalue weighted by atomic mass is 32.2. The molecule has 1 N–H and O–H groups in total. The van der Waals surface area contributed by atoms with Crippen molar-refractivity contribution in [2.24, 2.45) is 0 Å². The average molecular weight is 309 g/mol. The minimum atomic E-state index is -3.57. The lowest BCUT2D eigenvalue weighted by Gasteiger charge is -2.08. The number of hydrogen-bond donors (Lipinski definition) is 1. The monoisotopic (exact) mass is 309 g/mol. The lowest BCUT2D eigenvalue weighted by Crippen LogP contribution is -2.00. The van der Waals surface area contributed by atoms with E-state index in [9.17, 15) is 23.6 Å². The third-order valence-corrected chi connectivity index (χ3v) is 3.75. The van der Waals surface area contributed by atoms with Crippen LogP contribution in [-0.4, -0.2) is 24.7 Å². The number of hydrogen-bond acceptors (Lipinski definition) is 6. The number of benzene rings is 2. The Morgan fingerprint density at radius 3 is 2.38 bits per heavy atom. The van der Waals surface area contributed by atoms with E-state index in [1.165, 1.54) is 24.3 Å². The molecule has 0 aliphatic heterocycles. The lowest BCUT2D eigenvalue weighted by molar-refractivity contribution is -0.385. The van der Waals surface area contributed by atoms with Crippen LogP contribution in [0.3, 0.4) is 0 Å². The molecule has 0 atom stereocenters. The number of phenolic OH excluding ortho intramolecular Hbond substituents is 1. The molecule has 0 unspecified atom stereocenters. The van der Waals surface area contributed by atoms with Crippen molar-refractivity contribution in [1.29, 1.82) is 0 Å². The van der Waals surface area contributed by atoms with E-state index < -0.39 is 20.4 Å². The van der Waals surface area contributed by atoms with Crippen molar-refractivity contribution in [2.75, 3.05) is 6.26 Å². The van der Waals surface area contributed by atoms with Gasteiger partial charge in [-0.25, -0.2) is 8.42 Å². The maximum absolute atomic E-state index is 11.4. The minimum absolute atomic E-state index is 0.0349. The van der Waals surface area contributed by atoms with E-state index in [0.29, 0.717) is 0 Å². The van der Waals surface area contributed by atoms with Gasteiger partial charge in [-0.1, -0.05) is 12.1 Å². The van der Waals surface area contributed by atoms with Gasteiger partial charge in [-0.15, -0.1) is 0 Å². The van der Waals surface area contributed by atoms with Crippen molar-refractivity contribution >= 4 is 15.5 Å². The fourth-order valence-electron chi connectivity index (χ4n) is 1.62. The molecule has 2 rings (SSSR count). The summed E-state index contributed by atoms with van der Waals surface area (Å²) in [6.45, 7) is 0. The summed E-state index contributed by atoms with van der Waals surface area (Å²) in [5.41, 5.74) is -0.499. The summed E-state index contributed by atoms with van der Waals surface area (Å²) in [6, 6.07) is 9.27. The molecule has 0 radical (unpaired) electrons. The van der Waals surface area contributed by atoms with Crippen LogP contribution in [0, 0.1) is 10.1 Å². The number of rotatable bonds is 4. The van der Waals surface area contributed by atoms with Gasteiger partial charge in [0.05, 0.1) is 9.82 Å². The largest absolute Gasteiger partial charge is 0.504 e. The van der Waals surface area contributed by atoms with Crippen LogP contribution in [0.4, 0.5) is 5.69 Å². The molecule has 2 aromatic rings. The molecule has 0 aliphatic carbocycles. The number of nitro groups is 1. The average Bonchev–Trinajstić information content (AvgIpc) is 2.40. The van der Waals surface area contributed by atoms with Crippen LogP contribution in [0.2, 0.25) is 0 Å². The minimum Gasteiger partial charge on any atom is -0.504 e. The highest BCUT2D eigenvalue weighted by molar-refractivity contribution is 7.90. The molecule has 0 saturated heterocycles. The second-order valence-electron chi connectivity index (χ2n) is 4.23. The molecule has 2 aromatic carbocycles. The Balaban J connectivity index is 2.50. The molecule has 0 bridgehead atoms. The molecule has 21 heavy (non-hydrogen) atoms. The van der Waals surface area contributed by atoms with Gasteiger partial charge < -0.3 is 9.84 Å². The maximum Gasteiger partial charge on any atom is 0.312 e. The smallest absolute Gasteiger partial charge is 0.312 e. The Labute approximate surface area is 120 Å². The highest BCUT2D eigenvalue weighted by Gasteiger charge is 2.21. The van der Waals surface area contributed by atoms with Crippen molar-refractivity contribution < 1.29 is 23.2 Å². The second kappa shape index (κ2) is 5.41. The molecule has 8 heteroatoms. The summed E-state index contributed by atoms with van der Waals surface area (Å²) >= 11 is 0. The number of aromatic hydroxyl groups is 1. The molecule has 0 aromatic heterocycles. The zero-order valence-electron chi connectivity index (χ0n) is 10.9. The van der Waals surface area contributed by atoms with Crippen LogP contribution in [0.15, 0.2) is 47.4 Å². The Kier molecular flexibility index (Phi) is 3.81. The van der Waals surface area contributed by atoms with E-state index in [1.807, 2.05) is 0 Å². The first kappa shape index (κ1) is 14.8. The van der Waals surface area contributed by atoms with Gasteiger partial charge >= 0.3 is 5.69 Å². The third-order valence-electron chi connectivity index (χ3n) is 2.64. The number of ether oxygens (including phenoxy) is 1. The van der Waals surface area contributed by atoms with E-state index in [1.54, 1.807) is 12.1 Å². The molecule has 0 heterocycles. The molecule has 0 fully saturated rings. The first-order valence-electron chi connectivity index (χ1n) is 5.73. The Morgan fingerprint density at radius 2 is 1.81 bits per heavy atom. The fraction of sp³-hybridized carbons (Fsp3) is 0.0769. The molecule has 0 saturated carbocycles. The van der Waals surface area contributed by atoms with Crippen molar-refractivity contribution in [3.8, 4) is 17.2 Å². The van der Waals surface area contributed by atoms with Crippen molar-refractivity contribution in [3.05, 3.63) is 52.6 Å². The quantitative estimate of drug-likeness (QED) is 0.687. The van der Waals surface area contributed by atoms with Gasteiger partial charge in [0.15, 0.2) is 21.3 Å². The molecule has 0 aliphatic rings. The molecule has 110 valence electrons. The van der Waals surface area contributed by atoms with Crippen LogP contribution in [0.25, 0.3) is 0 Å². The summed E-state index contributed by atoms with van der Waals surface area (Å²) in [7, 11) is -3.57. The Bertz CT molecular complexity index is 800. The van der Waals surface area contributed by atoms with E-state index in [4.69, 9.17) is 4.74 Å². The van der Waals surface area contributed by atoms with Gasteiger partial charge in [0.1, 0.15) is 0 Å². The predicted molar refractivity (Wildman–Crippen MR) is 74.4 cm³/mol. The van der Waals surface area contributed by atoms with Crippen molar-refractivity contribution in [1.82, 2.24) is 0 Å². The third kappa shape index (κ3) is 3.29. The summed E-state index contributed by atoms with van der Waals surface area (Å²) in [6.07, 6.45) is 0.954. The van der Waals surface area contributed by atoms with Crippen LogP contribution < -0.4 is 4.74 Å². The number of nitro benzene ring substituents is 1. The molecular weight excluding hydrogens is 298 g/mol. The first-order valence-corrected chi connectivity index (χ1v) is 7.62. The van der Waals surface area contributed by atoms with Gasteiger partial charge in [-0.05, 0) is 24.3 Å². The topological polar surface area (TPSA) is 107 Å². The van der Waals surface area contributed by atoms with E-state index in [0.717, 1.165) is 12.3 Å². The summed E-state index contributed by atoms with van der Waals surface area (Å²) in [5.74, 6) is -0.305. The number of para-hydroxylation sites is 2. The fourth-order valence-corrected chi connectivity index (χ4v) is 2.26. The van der Waals surface area contributed by atoms with Gasteiger partial charge in [-0.3, -0.25) is 10.1 Å². The van der Waals surface area contributed by atoms with Crippen LogP contribution in [-0.2, 0) is 9.84 Å². The number of nitrogens with zero attached hydrogens (tertiary/aromatic N) is 1. The van der Waals surface area contributed by atoms with E-state index in [2.05, 4.69) is 0 Å². The van der Waals surface area contributed by atoms with Crippen LogP contribution >= 0.6 is 0 Å². The summed E-state index contributed by atoms with van der Waals surface area (Å²) < 4.78 is 28.1. The SMILES string of the molecule is CS(=O)(=O)c1ccc(Oc2ccccc2O)c([N+](=O)[O-])c1. The normalized spacial score (nSPS) is 11.1. The van der Waals surface area contributed by atoms with Gasteiger partial charge in [0, 0.05) is 12.3 Å². The van der Waals surface area contributed by atoms with Crippen molar-refractivity contribution in [3.63, 3.8) is 0 Å². The molecule has 0 spiro atoms. The van der Waals surface area contributed by atoms with Gasteiger partial charge in [-0.2, -0.15) is 0 Å². The molecule has 0 amide bonds. The summed E-state index contributed by atoms with van der Waals surface area (Å²) in [5, 5.41) is 20.6. The van der Waals surface area contributed by atoms with Gasteiger partial charge in [0.25, 0.3) is 0 Å². The number of sulfone groups is 1. The van der Waals surface area contributed by atoms with Crippen LogP contribution in [0.5, 0.6) is 17.2 Å². The van der Waals surface area contributed by atoms with Gasteiger partial charge in [0.2, 0.25) is 5.75 Å². The lowest BCUT2D eigenvalue weighted by atomic mass is 10.3. The second-order valence-corrected chi connectivity index (χ2v) is 6.24. The zero-order chi connectivity index (χ0) is 15.6. The molecular formula is C13H11NO6S. The Hall–Kier alpha value is -2.61. The first-order chi connectivity index (χ1) is 9.79. The van der Waals surface area contributed by atoms with Crippen molar-refractivity contribution in [2.45, 2.75) is 4.90 Å². The number of phenols is 1. The maximum atomic E-state index is 11.4.